The highest BCUT2D eigenvalue weighted by Crippen LogP contribution is 2.46. The van der Waals surface area contributed by atoms with E-state index in [2.05, 4.69) is 13.8 Å². The lowest BCUT2D eigenvalue weighted by Crippen LogP contribution is -2.43. The van der Waals surface area contributed by atoms with Crippen LogP contribution in [0.3, 0.4) is 0 Å². The fourth-order valence-corrected chi connectivity index (χ4v) is 9.90. The second kappa shape index (κ2) is 23.0. The van der Waals surface area contributed by atoms with Crippen molar-refractivity contribution in [2.24, 2.45) is 10.8 Å². The van der Waals surface area contributed by atoms with Gasteiger partial charge < -0.3 is 47.4 Å². The fourth-order valence-electron chi connectivity index (χ4n) is 9.90. The molecule has 14 nitrogen and oxygen atoms in total. The lowest BCUT2D eigenvalue weighted by Gasteiger charge is -2.37. The number of benzene rings is 10. The highest BCUT2D eigenvalue weighted by Gasteiger charge is 2.34. The van der Waals surface area contributed by atoms with Crippen molar-refractivity contribution >= 4 is 67.0 Å². The summed E-state index contributed by atoms with van der Waals surface area (Å²) in [5.74, 6) is -0.0456. The molecule has 12 rings (SSSR count). The molecule has 10 aromatic rings. The van der Waals surface area contributed by atoms with Crippen molar-refractivity contribution in [3.05, 3.63) is 216 Å². The summed E-state index contributed by atoms with van der Waals surface area (Å²) in [6.07, 6.45) is 0. The number of carbonyl (C=O) groups is 4. The van der Waals surface area contributed by atoms with Crippen molar-refractivity contribution < 1.29 is 66.5 Å². The smallest absolute Gasteiger partial charge is 0.343 e. The van der Waals surface area contributed by atoms with Gasteiger partial charge in [-0.25, -0.2) is 19.2 Å². The first kappa shape index (κ1) is 53.2. The van der Waals surface area contributed by atoms with Crippen LogP contribution in [0.1, 0.15) is 55.3 Å². The molecule has 0 N–H and O–H groups in total. The summed E-state index contributed by atoms with van der Waals surface area (Å²) in [4.78, 5) is 54.9. The van der Waals surface area contributed by atoms with Crippen LogP contribution in [0, 0.1) is 10.8 Å². The summed E-state index contributed by atoms with van der Waals surface area (Å²) in [6.45, 7) is 8.08. The summed E-state index contributed by atoms with van der Waals surface area (Å²) < 4.78 is 57.4. The molecule has 0 saturated carbocycles. The number of esters is 4. The average Bonchev–Trinajstić information content (AvgIpc) is 3.32. The zero-order valence-corrected chi connectivity index (χ0v) is 44.8. The van der Waals surface area contributed by atoms with Gasteiger partial charge in [-0.2, -0.15) is 0 Å². The number of rotatable bonds is 19. The summed E-state index contributed by atoms with van der Waals surface area (Å²) in [5.41, 5.74) is 2.39. The van der Waals surface area contributed by atoms with E-state index in [0.717, 1.165) is 32.3 Å². The van der Waals surface area contributed by atoms with E-state index in [1.807, 2.05) is 60.7 Å². The molecule has 10 aromatic carbocycles. The first-order chi connectivity index (χ1) is 39.9. The minimum absolute atomic E-state index is 0.0156. The molecule has 0 atom stereocenters. The molecule has 0 bridgehead atoms. The van der Waals surface area contributed by atoms with E-state index in [0.29, 0.717) is 95.7 Å². The SMILES string of the molecule is CC1(COCOc2ccc(C(=O)Oc3ccc4cc(C(=O)Oc5ccc6ccccc6c5-c5c(OC(=O)c6ccc7cc(OC(=O)c8ccc(OCOCC9(C)COC9)cc8)ccc7c6)ccc6ccccc56)ccc4c3)cc2)COC1. The van der Waals surface area contributed by atoms with Crippen LogP contribution in [0.2, 0.25) is 0 Å². The Kier molecular flexibility index (Phi) is 14.9. The quantitative estimate of drug-likeness (QED) is 0.0325. The largest absolute Gasteiger partial charge is 0.468 e. The third-order valence-electron chi connectivity index (χ3n) is 14.5. The van der Waals surface area contributed by atoms with Gasteiger partial charge in [-0.15, -0.1) is 0 Å². The van der Waals surface area contributed by atoms with Crippen molar-refractivity contribution in [3.8, 4) is 45.6 Å². The molecule has 410 valence electrons. The van der Waals surface area contributed by atoms with Crippen LogP contribution in [0.4, 0.5) is 0 Å². The first-order valence-electron chi connectivity index (χ1n) is 26.7. The highest BCUT2D eigenvalue weighted by molar-refractivity contribution is 6.11. The van der Waals surface area contributed by atoms with E-state index in [1.165, 1.54) is 0 Å². The topological polar surface area (TPSA) is 161 Å². The lowest BCUT2D eigenvalue weighted by atomic mass is 9.90. The number of fused-ring (bicyclic) bond motifs is 4. The molecule has 14 heteroatoms. The van der Waals surface area contributed by atoms with E-state index in [-0.39, 0.29) is 47.0 Å². The summed E-state index contributed by atoms with van der Waals surface area (Å²) in [7, 11) is 0. The van der Waals surface area contributed by atoms with Crippen LogP contribution in [0.25, 0.3) is 54.2 Å². The molecule has 2 aliphatic rings. The Bertz CT molecular complexity index is 3800. The van der Waals surface area contributed by atoms with Gasteiger partial charge in [-0.3, -0.25) is 0 Å². The van der Waals surface area contributed by atoms with Gasteiger partial charge in [-0.05, 0) is 152 Å². The first-order valence-corrected chi connectivity index (χ1v) is 26.7. The molecule has 0 radical (unpaired) electrons. The molecular formula is C68H54O14. The number of hydrogen-bond acceptors (Lipinski definition) is 14. The normalized spacial score (nSPS) is 14.1. The Labute approximate surface area is 471 Å². The van der Waals surface area contributed by atoms with Gasteiger partial charge in [0.25, 0.3) is 0 Å². The molecule has 2 aliphatic heterocycles. The Morgan fingerprint density at radius 3 is 1.11 bits per heavy atom. The average molecular weight is 1100 g/mol. The van der Waals surface area contributed by atoms with E-state index in [1.54, 1.807) is 133 Å². The predicted octanol–water partition coefficient (Wildman–Crippen LogP) is 13.6. The molecule has 0 unspecified atom stereocenters. The van der Waals surface area contributed by atoms with Crippen molar-refractivity contribution in [3.63, 3.8) is 0 Å². The Morgan fingerprint density at radius 2 is 0.707 bits per heavy atom. The predicted molar refractivity (Wildman–Crippen MR) is 308 cm³/mol. The molecule has 2 saturated heterocycles. The van der Waals surface area contributed by atoms with Crippen LogP contribution >= 0.6 is 0 Å². The fraction of sp³-hybridized carbons (Fsp3) is 0.176. The van der Waals surface area contributed by atoms with Gasteiger partial charge in [-0.1, -0.05) is 98.8 Å². The van der Waals surface area contributed by atoms with Crippen molar-refractivity contribution in [1.29, 1.82) is 0 Å². The van der Waals surface area contributed by atoms with Gasteiger partial charge in [0.15, 0.2) is 13.6 Å². The van der Waals surface area contributed by atoms with E-state index in [4.69, 9.17) is 47.4 Å². The van der Waals surface area contributed by atoms with Crippen molar-refractivity contribution in [1.82, 2.24) is 0 Å². The second-order valence-corrected chi connectivity index (χ2v) is 21.2. The number of hydrogen-bond donors (Lipinski definition) is 0. The van der Waals surface area contributed by atoms with Gasteiger partial charge in [0, 0.05) is 22.0 Å². The maximum Gasteiger partial charge on any atom is 0.343 e. The zero-order chi connectivity index (χ0) is 56.2. The van der Waals surface area contributed by atoms with Crippen LogP contribution in [0.5, 0.6) is 34.5 Å². The second-order valence-electron chi connectivity index (χ2n) is 21.2. The van der Waals surface area contributed by atoms with Crippen LogP contribution < -0.4 is 28.4 Å². The van der Waals surface area contributed by atoms with Crippen molar-refractivity contribution in [2.75, 3.05) is 53.2 Å². The third kappa shape index (κ3) is 11.7. The Balaban J connectivity index is 0.736. The van der Waals surface area contributed by atoms with Gasteiger partial charge >= 0.3 is 23.9 Å². The standard InChI is InChI=1S/C68H54O14/c1-67(35-73-36-67)39-75-41-77-53-23-15-45(16-24-53)63(69)79-55-27-19-47-31-51(13-11-49(47)33-55)65(71)81-59-29-21-43-7-3-5-9-57(43)61(59)62-58-10-6-4-8-44(58)22-30-60(62)82-66(72)52-14-12-50-34-56(28-20-48(50)32-52)80-64(70)46-17-25-54(26-18-46)78-42-76-40-68(2)37-74-38-68/h3-34H,35-42H2,1-2H3. The van der Waals surface area contributed by atoms with Gasteiger partial charge in [0.05, 0.1) is 61.9 Å². The Hall–Kier alpha value is -9.44. The van der Waals surface area contributed by atoms with Crippen LogP contribution in [0.15, 0.2) is 194 Å². The van der Waals surface area contributed by atoms with Crippen LogP contribution in [-0.4, -0.2) is 77.1 Å². The molecule has 2 fully saturated rings. The van der Waals surface area contributed by atoms with Crippen molar-refractivity contribution in [2.45, 2.75) is 13.8 Å². The molecular weight excluding hydrogens is 1040 g/mol. The number of ether oxygens (including phenoxy) is 10. The molecule has 0 aromatic heterocycles. The zero-order valence-electron chi connectivity index (χ0n) is 44.8. The van der Waals surface area contributed by atoms with E-state index < -0.39 is 23.9 Å². The van der Waals surface area contributed by atoms with Gasteiger partial charge in [0.2, 0.25) is 0 Å². The highest BCUT2D eigenvalue weighted by atomic mass is 16.7. The number of carbonyl (C=O) groups excluding carboxylic acids is 4. The third-order valence-corrected chi connectivity index (χ3v) is 14.5. The summed E-state index contributed by atoms with van der Waals surface area (Å²) in [6, 6.07) is 56.6. The molecule has 2 heterocycles. The minimum Gasteiger partial charge on any atom is -0.468 e. The molecule has 82 heavy (non-hydrogen) atoms. The lowest BCUT2D eigenvalue weighted by molar-refractivity contribution is -0.151. The van der Waals surface area contributed by atoms with E-state index >= 15 is 0 Å². The maximum absolute atomic E-state index is 14.3. The maximum atomic E-state index is 14.3. The van der Waals surface area contributed by atoms with Gasteiger partial charge in [0.1, 0.15) is 34.5 Å². The van der Waals surface area contributed by atoms with Crippen LogP contribution in [-0.2, 0) is 18.9 Å². The van der Waals surface area contributed by atoms with E-state index in [9.17, 15) is 19.2 Å². The summed E-state index contributed by atoms with van der Waals surface area (Å²) in [5, 5.41) is 6.17. The minimum atomic E-state index is -0.616. The Morgan fingerprint density at radius 1 is 0.366 bits per heavy atom. The molecule has 0 aliphatic carbocycles. The molecule has 0 amide bonds. The summed E-state index contributed by atoms with van der Waals surface area (Å²) >= 11 is 0. The molecule has 0 spiro atoms. The monoisotopic (exact) mass is 1090 g/mol.